The van der Waals surface area contributed by atoms with E-state index in [-0.39, 0.29) is 0 Å². The molecule has 1 aliphatic carbocycles. The Bertz CT molecular complexity index is 553. The zero-order valence-corrected chi connectivity index (χ0v) is 10.6. The number of hydrogen-bond donors (Lipinski definition) is 1. The van der Waals surface area contributed by atoms with Gasteiger partial charge in [0.05, 0.1) is 16.8 Å². The molecule has 0 saturated carbocycles. The molecule has 0 amide bonds. The normalized spacial score (nSPS) is 18.9. The average Bonchev–Trinajstić information content (AvgIpc) is 2.36. The number of pyridine rings is 1. The van der Waals surface area contributed by atoms with Crippen LogP contribution in [0.15, 0.2) is 42.6 Å². The van der Waals surface area contributed by atoms with Crippen molar-refractivity contribution in [3.05, 3.63) is 64.4 Å². The largest absolute Gasteiger partial charge is 0.387 e. The second-order valence-corrected chi connectivity index (χ2v) is 5.19. The first-order chi connectivity index (χ1) is 8.74. The summed E-state index contributed by atoms with van der Waals surface area (Å²) in [7, 11) is 0. The molecule has 18 heavy (non-hydrogen) atoms. The van der Waals surface area contributed by atoms with Crippen LogP contribution in [-0.2, 0) is 6.42 Å². The van der Waals surface area contributed by atoms with Gasteiger partial charge in [0, 0.05) is 6.20 Å². The van der Waals surface area contributed by atoms with Crippen LogP contribution in [0.3, 0.4) is 0 Å². The Balaban J connectivity index is 1.70. The van der Waals surface area contributed by atoms with Gasteiger partial charge in [0.2, 0.25) is 0 Å². The standard InChI is InChI=1S/C15H14ClNO/c16-12-5-6-14(17-9-12)15(18)8-11-7-10-3-1-2-4-13(10)11/h1-6,9,11,15,18H,7-8H2. The van der Waals surface area contributed by atoms with Crippen LogP contribution in [0.25, 0.3) is 0 Å². The monoisotopic (exact) mass is 259 g/mol. The maximum Gasteiger partial charge on any atom is 0.0965 e. The molecule has 0 fully saturated rings. The van der Waals surface area contributed by atoms with E-state index in [0.717, 1.165) is 12.8 Å². The van der Waals surface area contributed by atoms with Crippen LogP contribution in [-0.4, -0.2) is 10.1 Å². The van der Waals surface area contributed by atoms with Gasteiger partial charge in [-0.15, -0.1) is 0 Å². The van der Waals surface area contributed by atoms with Gasteiger partial charge < -0.3 is 5.11 Å². The minimum Gasteiger partial charge on any atom is -0.387 e. The SMILES string of the molecule is OC(CC1Cc2ccccc21)c1ccc(Cl)cn1. The molecule has 1 aromatic heterocycles. The van der Waals surface area contributed by atoms with Crippen LogP contribution in [0.2, 0.25) is 5.02 Å². The molecule has 1 heterocycles. The first-order valence-electron chi connectivity index (χ1n) is 6.11. The van der Waals surface area contributed by atoms with Crippen LogP contribution in [0, 0.1) is 0 Å². The number of benzene rings is 1. The zero-order chi connectivity index (χ0) is 12.5. The van der Waals surface area contributed by atoms with Gasteiger partial charge in [-0.3, -0.25) is 4.98 Å². The lowest BCUT2D eigenvalue weighted by Crippen LogP contribution is -2.19. The van der Waals surface area contributed by atoms with Gasteiger partial charge >= 0.3 is 0 Å². The first kappa shape index (κ1) is 11.7. The average molecular weight is 260 g/mol. The molecule has 3 rings (SSSR count). The van der Waals surface area contributed by atoms with E-state index in [1.54, 1.807) is 18.3 Å². The summed E-state index contributed by atoms with van der Waals surface area (Å²) in [5, 5.41) is 10.8. The lowest BCUT2D eigenvalue weighted by Gasteiger charge is -2.31. The van der Waals surface area contributed by atoms with Crippen molar-refractivity contribution in [3.63, 3.8) is 0 Å². The molecule has 0 spiro atoms. The lowest BCUT2D eigenvalue weighted by atomic mass is 9.74. The van der Waals surface area contributed by atoms with Gasteiger partial charge in [-0.2, -0.15) is 0 Å². The third kappa shape index (κ3) is 2.14. The fourth-order valence-electron chi connectivity index (χ4n) is 2.55. The molecule has 1 aliphatic rings. The van der Waals surface area contributed by atoms with Crippen LogP contribution in [0.4, 0.5) is 0 Å². The van der Waals surface area contributed by atoms with Gasteiger partial charge in [-0.05, 0) is 42.0 Å². The highest BCUT2D eigenvalue weighted by atomic mass is 35.5. The maximum atomic E-state index is 10.2. The molecule has 2 atom stereocenters. The molecule has 2 aromatic rings. The summed E-state index contributed by atoms with van der Waals surface area (Å²) in [5.74, 6) is 0.452. The maximum absolute atomic E-state index is 10.2. The summed E-state index contributed by atoms with van der Waals surface area (Å²) < 4.78 is 0. The number of aliphatic hydroxyl groups is 1. The Kier molecular flexibility index (Phi) is 3.06. The van der Waals surface area contributed by atoms with Crippen molar-refractivity contribution in [1.82, 2.24) is 4.98 Å². The van der Waals surface area contributed by atoms with E-state index in [2.05, 4.69) is 29.2 Å². The predicted octanol–water partition coefficient (Wildman–Crippen LogP) is 3.50. The quantitative estimate of drug-likeness (QED) is 0.915. The molecule has 3 heteroatoms. The third-order valence-corrected chi connectivity index (χ3v) is 3.78. The van der Waals surface area contributed by atoms with Crippen LogP contribution in [0.5, 0.6) is 0 Å². The van der Waals surface area contributed by atoms with Gasteiger partial charge in [0.1, 0.15) is 0 Å². The smallest absolute Gasteiger partial charge is 0.0965 e. The molecule has 0 saturated heterocycles. The Labute approximate surface area is 111 Å². The highest BCUT2D eigenvalue weighted by Gasteiger charge is 2.28. The number of nitrogens with zero attached hydrogens (tertiary/aromatic N) is 1. The first-order valence-corrected chi connectivity index (χ1v) is 6.49. The Hall–Kier alpha value is -1.38. The summed E-state index contributed by atoms with van der Waals surface area (Å²) in [4.78, 5) is 4.16. The van der Waals surface area contributed by atoms with Crippen molar-refractivity contribution < 1.29 is 5.11 Å². The number of rotatable bonds is 3. The highest BCUT2D eigenvalue weighted by Crippen LogP contribution is 2.40. The summed E-state index contributed by atoms with van der Waals surface area (Å²) >= 11 is 5.78. The molecular weight excluding hydrogens is 246 g/mol. The molecular formula is C15H14ClNO. The second kappa shape index (κ2) is 4.71. The molecule has 1 N–H and O–H groups in total. The third-order valence-electron chi connectivity index (χ3n) is 3.56. The zero-order valence-electron chi connectivity index (χ0n) is 9.88. The summed E-state index contributed by atoms with van der Waals surface area (Å²) in [6, 6.07) is 12.0. The summed E-state index contributed by atoms with van der Waals surface area (Å²) in [6.07, 6.45) is 2.85. The van der Waals surface area contributed by atoms with Crippen LogP contribution >= 0.6 is 11.6 Å². The number of aromatic nitrogens is 1. The topological polar surface area (TPSA) is 33.1 Å². The van der Waals surface area contributed by atoms with E-state index in [9.17, 15) is 5.11 Å². The molecule has 2 unspecified atom stereocenters. The molecule has 0 bridgehead atoms. The van der Waals surface area contributed by atoms with Crippen molar-refractivity contribution in [2.75, 3.05) is 0 Å². The second-order valence-electron chi connectivity index (χ2n) is 4.75. The molecule has 92 valence electrons. The van der Waals surface area contributed by atoms with E-state index in [1.165, 1.54) is 11.1 Å². The number of halogens is 1. The van der Waals surface area contributed by atoms with Crippen LogP contribution in [0.1, 0.15) is 35.3 Å². The van der Waals surface area contributed by atoms with Crippen molar-refractivity contribution >= 4 is 11.6 Å². The molecule has 0 radical (unpaired) electrons. The minimum atomic E-state index is -0.513. The lowest BCUT2D eigenvalue weighted by molar-refractivity contribution is 0.149. The predicted molar refractivity (Wildman–Crippen MR) is 71.7 cm³/mol. The summed E-state index contributed by atoms with van der Waals surface area (Å²) in [6.45, 7) is 0. The van der Waals surface area contributed by atoms with Crippen molar-refractivity contribution in [1.29, 1.82) is 0 Å². The highest BCUT2D eigenvalue weighted by molar-refractivity contribution is 6.30. The number of hydrogen-bond acceptors (Lipinski definition) is 2. The van der Waals surface area contributed by atoms with Crippen molar-refractivity contribution in [2.45, 2.75) is 24.9 Å². The van der Waals surface area contributed by atoms with Gasteiger partial charge in [0.25, 0.3) is 0 Å². The van der Waals surface area contributed by atoms with E-state index in [0.29, 0.717) is 16.6 Å². The molecule has 0 aliphatic heterocycles. The fourth-order valence-corrected chi connectivity index (χ4v) is 2.66. The van der Waals surface area contributed by atoms with Gasteiger partial charge in [0.15, 0.2) is 0 Å². The number of fused-ring (bicyclic) bond motifs is 1. The van der Waals surface area contributed by atoms with Crippen molar-refractivity contribution in [3.8, 4) is 0 Å². The van der Waals surface area contributed by atoms with E-state index in [4.69, 9.17) is 11.6 Å². The Morgan fingerprint density at radius 2 is 2.11 bits per heavy atom. The molecule has 2 nitrogen and oxygen atoms in total. The van der Waals surface area contributed by atoms with Gasteiger partial charge in [-0.25, -0.2) is 0 Å². The minimum absolute atomic E-state index is 0.452. The summed E-state index contributed by atoms with van der Waals surface area (Å²) in [5.41, 5.74) is 3.47. The fraction of sp³-hybridized carbons (Fsp3) is 0.267. The van der Waals surface area contributed by atoms with E-state index < -0.39 is 6.10 Å². The van der Waals surface area contributed by atoms with Crippen molar-refractivity contribution in [2.24, 2.45) is 0 Å². The Morgan fingerprint density at radius 1 is 1.28 bits per heavy atom. The van der Waals surface area contributed by atoms with Gasteiger partial charge in [-0.1, -0.05) is 35.9 Å². The molecule has 1 aromatic carbocycles. The van der Waals surface area contributed by atoms with Crippen LogP contribution < -0.4 is 0 Å². The van der Waals surface area contributed by atoms with E-state index >= 15 is 0 Å². The van der Waals surface area contributed by atoms with E-state index in [1.807, 2.05) is 0 Å². The number of aliphatic hydroxyl groups excluding tert-OH is 1. The Morgan fingerprint density at radius 3 is 2.83 bits per heavy atom.